The van der Waals surface area contributed by atoms with Crippen LogP contribution in [0.1, 0.15) is 65.7 Å². The summed E-state index contributed by atoms with van der Waals surface area (Å²) < 4.78 is 0. The fraction of sp³-hybridized carbons (Fsp3) is 0.900. The van der Waals surface area contributed by atoms with E-state index in [1.165, 1.54) is 19.3 Å². The molecule has 124 valence electrons. The number of hydrogen-bond donors (Lipinski definition) is 2. The third kappa shape index (κ3) is 1.59. The Balaban J connectivity index is 1.77. The van der Waals surface area contributed by atoms with Gasteiger partial charge in [0.15, 0.2) is 0 Å². The topological polar surface area (TPSA) is 40.5 Å². The van der Waals surface area contributed by atoms with Crippen LogP contribution in [0.2, 0.25) is 0 Å². The maximum Gasteiger partial charge on any atom is 0.0809 e. The smallest absolute Gasteiger partial charge is 0.0809 e. The molecule has 0 radical (unpaired) electrons. The second kappa shape index (κ2) is 4.39. The average molecular weight is 304 g/mol. The summed E-state index contributed by atoms with van der Waals surface area (Å²) in [5, 5.41) is 21.5. The van der Waals surface area contributed by atoms with Crippen molar-refractivity contribution in [3.05, 3.63) is 12.2 Å². The van der Waals surface area contributed by atoms with Gasteiger partial charge in [0.25, 0.3) is 0 Å². The number of rotatable bonds is 0. The molecule has 4 fully saturated rings. The van der Waals surface area contributed by atoms with Crippen LogP contribution in [-0.4, -0.2) is 22.4 Å². The standard InChI is InChI=1S/C20H32O2/c1-12-13-5-6-15-19(4)9-8-16(21)18(2,3)14(19)7-10-20(15,11-13)17(12)22/h13-17,21-22H,1,5-11H2,2-4H3/t13-,14+,15-,16+,17+,19+,20-/m0/s1. The van der Waals surface area contributed by atoms with E-state index in [0.717, 1.165) is 31.3 Å². The molecule has 0 unspecified atom stereocenters. The third-order valence-corrected chi connectivity index (χ3v) is 8.75. The van der Waals surface area contributed by atoms with Gasteiger partial charge in [-0.3, -0.25) is 0 Å². The van der Waals surface area contributed by atoms with E-state index in [0.29, 0.717) is 17.8 Å². The fourth-order valence-electron chi connectivity index (χ4n) is 7.58. The summed E-state index contributed by atoms with van der Waals surface area (Å²) in [5.74, 6) is 1.75. The van der Waals surface area contributed by atoms with E-state index in [2.05, 4.69) is 27.4 Å². The highest BCUT2D eigenvalue weighted by atomic mass is 16.3. The van der Waals surface area contributed by atoms with Gasteiger partial charge < -0.3 is 10.2 Å². The molecule has 0 aliphatic heterocycles. The highest BCUT2D eigenvalue weighted by Gasteiger charge is 2.66. The van der Waals surface area contributed by atoms with Crippen LogP contribution >= 0.6 is 0 Å². The van der Waals surface area contributed by atoms with Crippen molar-refractivity contribution in [2.24, 2.45) is 34.0 Å². The Morgan fingerprint density at radius 1 is 0.955 bits per heavy atom. The van der Waals surface area contributed by atoms with Gasteiger partial charge in [0.1, 0.15) is 0 Å². The molecule has 0 heterocycles. The molecule has 0 saturated heterocycles. The molecule has 0 amide bonds. The van der Waals surface area contributed by atoms with Crippen LogP contribution in [0, 0.1) is 34.0 Å². The Morgan fingerprint density at radius 2 is 1.68 bits per heavy atom. The van der Waals surface area contributed by atoms with Crippen LogP contribution in [-0.2, 0) is 0 Å². The van der Waals surface area contributed by atoms with Gasteiger partial charge in [-0.2, -0.15) is 0 Å². The molecule has 22 heavy (non-hydrogen) atoms. The number of hydrogen-bond acceptors (Lipinski definition) is 2. The third-order valence-electron chi connectivity index (χ3n) is 8.75. The van der Waals surface area contributed by atoms with Crippen molar-refractivity contribution in [2.45, 2.75) is 77.9 Å². The summed E-state index contributed by atoms with van der Waals surface area (Å²) in [6.45, 7) is 11.3. The fourth-order valence-corrected chi connectivity index (χ4v) is 7.58. The quantitative estimate of drug-likeness (QED) is 0.666. The van der Waals surface area contributed by atoms with Crippen molar-refractivity contribution in [1.29, 1.82) is 0 Å². The minimum Gasteiger partial charge on any atom is -0.393 e. The van der Waals surface area contributed by atoms with Gasteiger partial charge in [0.2, 0.25) is 0 Å². The number of aliphatic hydroxyl groups is 2. The predicted molar refractivity (Wildman–Crippen MR) is 88.3 cm³/mol. The van der Waals surface area contributed by atoms with Gasteiger partial charge in [-0.05, 0) is 79.1 Å². The summed E-state index contributed by atoms with van der Waals surface area (Å²) in [4.78, 5) is 0. The van der Waals surface area contributed by atoms with Gasteiger partial charge in [0.05, 0.1) is 12.2 Å². The van der Waals surface area contributed by atoms with E-state index >= 15 is 0 Å². The SMILES string of the molecule is C=C1[C@H]2CC[C@H]3[C@]4(C)CC[C@@H](O)C(C)(C)[C@H]4CC[C@@]3(C2)[C@@H]1O. The van der Waals surface area contributed by atoms with Crippen LogP contribution in [0.25, 0.3) is 0 Å². The Bertz CT molecular complexity index is 510. The molecule has 0 aromatic carbocycles. The van der Waals surface area contributed by atoms with Crippen molar-refractivity contribution in [3.63, 3.8) is 0 Å². The van der Waals surface area contributed by atoms with E-state index in [1.54, 1.807) is 0 Å². The first kappa shape index (κ1) is 15.2. The molecule has 4 aliphatic carbocycles. The van der Waals surface area contributed by atoms with Crippen molar-refractivity contribution in [2.75, 3.05) is 0 Å². The minimum absolute atomic E-state index is 0.00598. The van der Waals surface area contributed by atoms with E-state index in [9.17, 15) is 10.2 Å². The van der Waals surface area contributed by atoms with Gasteiger partial charge >= 0.3 is 0 Å². The lowest BCUT2D eigenvalue weighted by molar-refractivity contribution is -0.195. The molecule has 7 atom stereocenters. The van der Waals surface area contributed by atoms with Crippen molar-refractivity contribution in [1.82, 2.24) is 0 Å². The molecule has 4 aliphatic rings. The number of aliphatic hydroxyl groups excluding tert-OH is 2. The first-order chi connectivity index (χ1) is 10.2. The van der Waals surface area contributed by atoms with Gasteiger partial charge in [0, 0.05) is 5.41 Å². The Labute approximate surface area is 135 Å². The molecule has 4 saturated carbocycles. The van der Waals surface area contributed by atoms with Crippen LogP contribution in [0.3, 0.4) is 0 Å². The lowest BCUT2D eigenvalue weighted by atomic mass is 9.40. The highest BCUT2D eigenvalue weighted by Crippen LogP contribution is 2.71. The molecule has 2 N–H and O–H groups in total. The highest BCUT2D eigenvalue weighted by molar-refractivity contribution is 5.27. The Kier molecular flexibility index (Phi) is 3.03. The van der Waals surface area contributed by atoms with Crippen molar-refractivity contribution >= 4 is 0 Å². The monoisotopic (exact) mass is 304 g/mol. The largest absolute Gasteiger partial charge is 0.393 e. The molecule has 0 aromatic rings. The van der Waals surface area contributed by atoms with Gasteiger partial charge in [-0.1, -0.05) is 27.4 Å². The van der Waals surface area contributed by atoms with Crippen LogP contribution < -0.4 is 0 Å². The molecular formula is C20H32O2. The zero-order valence-electron chi connectivity index (χ0n) is 14.4. The Morgan fingerprint density at radius 3 is 2.41 bits per heavy atom. The molecule has 1 spiro atoms. The van der Waals surface area contributed by atoms with Crippen molar-refractivity contribution < 1.29 is 10.2 Å². The molecule has 2 nitrogen and oxygen atoms in total. The second-order valence-corrected chi connectivity index (χ2v) is 9.71. The second-order valence-electron chi connectivity index (χ2n) is 9.71. The van der Waals surface area contributed by atoms with Crippen LogP contribution in [0.15, 0.2) is 12.2 Å². The van der Waals surface area contributed by atoms with Crippen molar-refractivity contribution in [3.8, 4) is 0 Å². The maximum absolute atomic E-state index is 11.0. The minimum atomic E-state index is -0.280. The summed E-state index contributed by atoms with van der Waals surface area (Å²) in [6.07, 6.45) is 7.53. The first-order valence-corrected chi connectivity index (χ1v) is 9.28. The number of fused-ring (bicyclic) bond motifs is 3. The predicted octanol–water partition coefficient (Wildman–Crippen LogP) is 3.92. The van der Waals surface area contributed by atoms with E-state index in [4.69, 9.17) is 0 Å². The van der Waals surface area contributed by atoms with E-state index in [1.807, 2.05) is 0 Å². The Hall–Kier alpha value is -0.340. The molecule has 0 aromatic heterocycles. The van der Waals surface area contributed by atoms with Gasteiger partial charge in [-0.15, -0.1) is 0 Å². The summed E-state index contributed by atoms with van der Waals surface area (Å²) in [7, 11) is 0. The molecule has 2 bridgehead atoms. The summed E-state index contributed by atoms with van der Waals surface area (Å²) in [5.41, 5.74) is 1.51. The summed E-state index contributed by atoms with van der Waals surface area (Å²) >= 11 is 0. The van der Waals surface area contributed by atoms with Gasteiger partial charge in [-0.25, -0.2) is 0 Å². The normalized spacial score (nSPS) is 56.4. The maximum atomic E-state index is 11.0. The van der Waals surface area contributed by atoms with Crippen LogP contribution in [0.4, 0.5) is 0 Å². The summed E-state index contributed by atoms with van der Waals surface area (Å²) in [6, 6.07) is 0. The molecule has 2 heteroatoms. The van der Waals surface area contributed by atoms with Crippen LogP contribution in [0.5, 0.6) is 0 Å². The molecular weight excluding hydrogens is 272 g/mol. The zero-order valence-corrected chi connectivity index (χ0v) is 14.4. The average Bonchev–Trinajstić information content (AvgIpc) is 2.65. The van der Waals surface area contributed by atoms with E-state index < -0.39 is 0 Å². The lowest BCUT2D eigenvalue weighted by Crippen LogP contribution is -2.61. The zero-order chi connectivity index (χ0) is 15.9. The molecule has 4 rings (SSSR count). The first-order valence-electron chi connectivity index (χ1n) is 9.28. The van der Waals surface area contributed by atoms with E-state index in [-0.39, 0.29) is 28.5 Å². The lowest BCUT2D eigenvalue weighted by Gasteiger charge is -2.65.